The van der Waals surface area contributed by atoms with Gasteiger partial charge in [0, 0.05) is 29.3 Å². The van der Waals surface area contributed by atoms with Gasteiger partial charge in [0.05, 0.1) is 11.4 Å². The van der Waals surface area contributed by atoms with E-state index in [9.17, 15) is 4.79 Å². The second-order valence-electron chi connectivity index (χ2n) is 5.53. The van der Waals surface area contributed by atoms with Crippen molar-refractivity contribution in [3.8, 4) is 0 Å². The van der Waals surface area contributed by atoms with Gasteiger partial charge in [-0.1, -0.05) is 17.7 Å². The number of benzene rings is 1. The van der Waals surface area contributed by atoms with Crippen molar-refractivity contribution in [2.45, 2.75) is 24.8 Å². The normalized spacial score (nSPS) is 14.6. The number of carbonyl (C=O) groups is 1. The number of hydrogen-bond acceptors (Lipinski definition) is 5. The van der Waals surface area contributed by atoms with E-state index in [0.717, 1.165) is 35.2 Å². The third kappa shape index (κ3) is 3.88. The summed E-state index contributed by atoms with van der Waals surface area (Å²) >= 11 is 3.15. The summed E-state index contributed by atoms with van der Waals surface area (Å²) in [4.78, 5) is 21.3. The molecule has 6 heteroatoms. The Morgan fingerprint density at radius 1 is 1.41 bits per heavy atom. The molecule has 1 aliphatic rings. The number of likely N-dealkylation sites (N-methyl/N-ethyl adjacent to an activating group) is 1. The molecule has 0 aliphatic carbocycles. The van der Waals surface area contributed by atoms with E-state index in [1.165, 1.54) is 10.4 Å². The average molecular weight is 333 g/mol. The first-order valence-electron chi connectivity index (χ1n) is 7.26. The van der Waals surface area contributed by atoms with Gasteiger partial charge in [-0.15, -0.1) is 23.1 Å². The molecule has 1 aliphatic heterocycles. The van der Waals surface area contributed by atoms with Gasteiger partial charge in [0.1, 0.15) is 0 Å². The van der Waals surface area contributed by atoms with Crippen LogP contribution in [0.2, 0.25) is 0 Å². The molecule has 0 unspecified atom stereocenters. The standard InChI is InChI=1S/C16H19N3OS2/c1-11-3-5-12(6-4-11)21-10-15(20)18-16-17-13-7-8-19(2)9-14(13)22-16/h3-6H,7-10H2,1-2H3,(H,17,18,20). The highest BCUT2D eigenvalue weighted by atomic mass is 32.2. The summed E-state index contributed by atoms with van der Waals surface area (Å²) in [6, 6.07) is 8.22. The molecule has 3 rings (SSSR count). The minimum Gasteiger partial charge on any atom is -0.301 e. The van der Waals surface area contributed by atoms with Gasteiger partial charge in [0.2, 0.25) is 5.91 Å². The number of anilines is 1. The number of nitrogens with one attached hydrogen (secondary N) is 1. The Hall–Kier alpha value is -1.37. The number of carbonyl (C=O) groups excluding carboxylic acids is 1. The third-order valence-electron chi connectivity index (χ3n) is 3.56. The molecular formula is C16H19N3OS2. The van der Waals surface area contributed by atoms with Crippen molar-refractivity contribution >= 4 is 34.1 Å². The number of aryl methyl sites for hydroxylation is 1. The lowest BCUT2D eigenvalue weighted by Crippen LogP contribution is -2.25. The highest BCUT2D eigenvalue weighted by molar-refractivity contribution is 8.00. The Morgan fingerprint density at radius 3 is 2.95 bits per heavy atom. The fourth-order valence-electron chi connectivity index (χ4n) is 2.32. The maximum atomic E-state index is 12.1. The summed E-state index contributed by atoms with van der Waals surface area (Å²) in [5.41, 5.74) is 2.37. The van der Waals surface area contributed by atoms with Gasteiger partial charge in [-0.25, -0.2) is 4.98 Å². The van der Waals surface area contributed by atoms with Gasteiger partial charge >= 0.3 is 0 Å². The quantitative estimate of drug-likeness (QED) is 0.873. The lowest BCUT2D eigenvalue weighted by Gasteiger charge is -2.20. The van der Waals surface area contributed by atoms with Crippen LogP contribution in [0.15, 0.2) is 29.2 Å². The van der Waals surface area contributed by atoms with Crippen LogP contribution in [-0.2, 0) is 17.8 Å². The van der Waals surface area contributed by atoms with Gasteiger partial charge in [0.25, 0.3) is 0 Å². The van der Waals surface area contributed by atoms with Gasteiger partial charge in [0.15, 0.2) is 5.13 Å². The number of hydrogen-bond donors (Lipinski definition) is 1. The van der Waals surface area contributed by atoms with E-state index < -0.39 is 0 Å². The van der Waals surface area contributed by atoms with Crippen molar-refractivity contribution in [2.24, 2.45) is 0 Å². The first-order chi connectivity index (χ1) is 10.6. The molecule has 0 bridgehead atoms. The number of thioether (sulfide) groups is 1. The van der Waals surface area contributed by atoms with Crippen molar-refractivity contribution in [3.05, 3.63) is 40.4 Å². The largest absolute Gasteiger partial charge is 0.301 e. The monoisotopic (exact) mass is 333 g/mol. The van der Waals surface area contributed by atoms with Crippen LogP contribution in [-0.4, -0.2) is 35.1 Å². The molecule has 0 saturated heterocycles. The zero-order valence-electron chi connectivity index (χ0n) is 12.8. The summed E-state index contributed by atoms with van der Waals surface area (Å²) in [6.45, 7) is 4.03. The molecular weight excluding hydrogens is 314 g/mol. The number of aromatic nitrogens is 1. The van der Waals surface area contributed by atoms with Crippen LogP contribution in [0.25, 0.3) is 0 Å². The molecule has 0 atom stereocenters. The number of rotatable bonds is 4. The van der Waals surface area contributed by atoms with Crippen LogP contribution < -0.4 is 5.32 Å². The van der Waals surface area contributed by atoms with Crippen molar-refractivity contribution in [3.63, 3.8) is 0 Å². The topological polar surface area (TPSA) is 45.2 Å². The predicted molar refractivity (Wildman–Crippen MR) is 92.7 cm³/mol. The molecule has 22 heavy (non-hydrogen) atoms. The maximum absolute atomic E-state index is 12.1. The lowest BCUT2D eigenvalue weighted by molar-refractivity contribution is -0.113. The minimum absolute atomic E-state index is 0.00465. The van der Waals surface area contributed by atoms with E-state index in [4.69, 9.17) is 0 Å². The molecule has 0 saturated carbocycles. The van der Waals surface area contributed by atoms with Crippen LogP contribution in [0.4, 0.5) is 5.13 Å². The zero-order chi connectivity index (χ0) is 15.5. The first kappa shape index (κ1) is 15.5. The molecule has 2 aromatic rings. The molecule has 0 radical (unpaired) electrons. The molecule has 1 N–H and O–H groups in total. The lowest BCUT2D eigenvalue weighted by atomic mass is 10.2. The Balaban J connectivity index is 1.54. The molecule has 1 aromatic carbocycles. The SMILES string of the molecule is Cc1ccc(SCC(=O)Nc2nc3c(s2)CN(C)CC3)cc1. The van der Waals surface area contributed by atoms with E-state index in [1.54, 1.807) is 23.1 Å². The van der Waals surface area contributed by atoms with Crippen molar-refractivity contribution in [2.75, 3.05) is 24.7 Å². The molecule has 116 valence electrons. The van der Waals surface area contributed by atoms with E-state index in [0.29, 0.717) is 5.75 Å². The summed E-state index contributed by atoms with van der Waals surface area (Å²) in [5, 5.41) is 3.66. The molecule has 0 fully saturated rings. The number of amides is 1. The maximum Gasteiger partial charge on any atom is 0.236 e. The second-order valence-corrected chi connectivity index (χ2v) is 7.66. The summed E-state index contributed by atoms with van der Waals surface area (Å²) in [5.74, 6) is 0.415. The predicted octanol–water partition coefficient (Wildman–Crippen LogP) is 3.17. The number of thiazole rings is 1. The van der Waals surface area contributed by atoms with Crippen LogP contribution in [0, 0.1) is 6.92 Å². The molecule has 1 aromatic heterocycles. The summed E-state index contributed by atoms with van der Waals surface area (Å²) in [6.07, 6.45) is 0.969. The van der Waals surface area contributed by atoms with Crippen molar-refractivity contribution < 1.29 is 4.79 Å². The molecule has 2 heterocycles. The summed E-state index contributed by atoms with van der Waals surface area (Å²) < 4.78 is 0. The van der Waals surface area contributed by atoms with E-state index in [-0.39, 0.29) is 5.91 Å². The molecule has 4 nitrogen and oxygen atoms in total. The van der Waals surface area contributed by atoms with E-state index in [2.05, 4.69) is 41.3 Å². The van der Waals surface area contributed by atoms with Gasteiger partial charge < -0.3 is 10.2 Å². The Morgan fingerprint density at radius 2 is 2.18 bits per heavy atom. The van der Waals surface area contributed by atoms with Gasteiger partial charge in [-0.2, -0.15) is 0 Å². The third-order valence-corrected chi connectivity index (χ3v) is 5.57. The molecule has 0 spiro atoms. The Bertz CT molecular complexity index is 667. The first-order valence-corrected chi connectivity index (χ1v) is 9.07. The molecule has 1 amide bonds. The van der Waals surface area contributed by atoms with Crippen molar-refractivity contribution in [1.29, 1.82) is 0 Å². The highest BCUT2D eigenvalue weighted by Gasteiger charge is 2.19. The second kappa shape index (κ2) is 6.81. The minimum atomic E-state index is 0.00465. The average Bonchev–Trinajstić information content (AvgIpc) is 2.88. The zero-order valence-corrected chi connectivity index (χ0v) is 14.4. The van der Waals surface area contributed by atoms with Crippen molar-refractivity contribution in [1.82, 2.24) is 9.88 Å². The fourth-order valence-corrected chi connectivity index (χ4v) is 4.12. The fraction of sp³-hybridized carbons (Fsp3) is 0.375. The van der Waals surface area contributed by atoms with Crippen LogP contribution in [0.1, 0.15) is 16.1 Å². The highest BCUT2D eigenvalue weighted by Crippen LogP contribution is 2.28. The Kier molecular flexibility index (Phi) is 4.81. The van der Waals surface area contributed by atoms with Crippen LogP contribution in [0.5, 0.6) is 0 Å². The van der Waals surface area contributed by atoms with Gasteiger partial charge in [-0.05, 0) is 26.1 Å². The van der Waals surface area contributed by atoms with Crippen LogP contribution in [0.3, 0.4) is 0 Å². The smallest absolute Gasteiger partial charge is 0.236 e. The summed E-state index contributed by atoms with van der Waals surface area (Å²) in [7, 11) is 2.11. The number of fused-ring (bicyclic) bond motifs is 1. The number of nitrogens with zero attached hydrogens (tertiary/aromatic N) is 2. The Labute approximate surface area is 138 Å². The van der Waals surface area contributed by atoms with E-state index >= 15 is 0 Å². The van der Waals surface area contributed by atoms with Crippen LogP contribution >= 0.6 is 23.1 Å². The van der Waals surface area contributed by atoms with E-state index in [1.807, 2.05) is 12.1 Å². The van der Waals surface area contributed by atoms with Gasteiger partial charge in [-0.3, -0.25) is 4.79 Å².